The second kappa shape index (κ2) is 8.55. The van der Waals surface area contributed by atoms with Crippen molar-refractivity contribution in [2.45, 2.75) is 24.8 Å². The van der Waals surface area contributed by atoms with E-state index in [9.17, 15) is 13.2 Å². The van der Waals surface area contributed by atoms with E-state index in [1.807, 2.05) is 42.5 Å². The van der Waals surface area contributed by atoms with Crippen molar-refractivity contribution in [3.8, 4) is 0 Å². The number of sulfonamides is 1. The summed E-state index contributed by atoms with van der Waals surface area (Å²) in [6, 6.07) is 16.0. The quantitative estimate of drug-likeness (QED) is 0.655. The molecule has 0 spiro atoms. The number of pyridine rings is 1. The number of carbonyl (C=O) groups excluding carboxylic acids is 1. The molecule has 6 nitrogen and oxygen atoms in total. The van der Waals surface area contributed by atoms with E-state index in [1.54, 1.807) is 32.3 Å². The van der Waals surface area contributed by atoms with Gasteiger partial charge in [0.15, 0.2) is 0 Å². The Morgan fingerprint density at radius 2 is 1.59 bits per heavy atom. The largest absolute Gasteiger partial charge is 0.341 e. The first-order valence-electron chi connectivity index (χ1n) is 9.14. The predicted molar refractivity (Wildman–Crippen MR) is 112 cm³/mol. The van der Waals surface area contributed by atoms with Crippen LogP contribution in [0.4, 0.5) is 0 Å². The molecule has 0 bridgehead atoms. The van der Waals surface area contributed by atoms with Crippen LogP contribution in [0, 0.1) is 13.8 Å². The average Bonchev–Trinajstić information content (AvgIpc) is 2.74. The molecule has 0 fully saturated rings. The van der Waals surface area contributed by atoms with E-state index in [2.05, 4.69) is 15.0 Å². The molecule has 3 aromatic rings. The van der Waals surface area contributed by atoms with Gasteiger partial charge in [0.25, 0.3) is 5.91 Å². The molecule has 1 atom stereocenters. The molecule has 0 aliphatic carbocycles. The highest BCUT2D eigenvalue weighted by atomic mass is 32.2. The number of aromatic nitrogens is 1. The Hall–Kier alpha value is -3.03. The summed E-state index contributed by atoms with van der Waals surface area (Å²) in [7, 11) is -2.33. The number of carbonyl (C=O) groups is 1. The van der Waals surface area contributed by atoms with Crippen LogP contribution in [0.5, 0.6) is 0 Å². The van der Waals surface area contributed by atoms with Crippen molar-refractivity contribution in [3.05, 3.63) is 94.8 Å². The Kier molecular flexibility index (Phi) is 6.10. The lowest BCUT2D eigenvalue weighted by molar-refractivity contribution is 0.0942. The lowest BCUT2D eigenvalue weighted by Gasteiger charge is -2.20. The highest BCUT2D eigenvalue weighted by molar-refractivity contribution is 7.89. The zero-order chi connectivity index (χ0) is 21.0. The number of amides is 1. The predicted octanol–water partition coefficient (Wildman–Crippen LogP) is 3.13. The van der Waals surface area contributed by atoms with Gasteiger partial charge in [-0.3, -0.25) is 9.78 Å². The SMILES string of the molecule is CNS(=O)(=O)c1cc(C(=O)NC(c2ccccc2)c2ccncc2)cc(C)c1C. The van der Waals surface area contributed by atoms with Crippen LogP contribution in [0.2, 0.25) is 0 Å². The Labute approximate surface area is 171 Å². The summed E-state index contributed by atoms with van der Waals surface area (Å²) in [4.78, 5) is 17.2. The third-order valence-electron chi connectivity index (χ3n) is 4.89. The number of rotatable bonds is 6. The van der Waals surface area contributed by atoms with Crippen LogP contribution >= 0.6 is 0 Å². The maximum atomic E-state index is 13.1. The fourth-order valence-corrected chi connectivity index (χ4v) is 4.19. The van der Waals surface area contributed by atoms with Gasteiger partial charge < -0.3 is 5.32 Å². The van der Waals surface area contributed by atoms with Gasteiger partial charge in [-0.05, 0) is 67.4 Å². The van der Waals surface area contributed by atoms with Gasteiger partial charge in [0.2, 0.25) is 10.0 Å². The maximum absolute atomic E-state index is 13.1. The molecule has 0 radical (unpaired) electrons. The molecular formula is C22H23N3O3S. The van der Waals surface area contributed by atoms with Gasteiger partial charge in [-0.1, -0.05) is 30.3 Å². The summed E-state index contributed by atoms with van der Waals surface area (Å²) in [5.74, 6) is -0.355. The second-order valence-electron chi connectivity index (χ2n) is 6.72. The van der Waals surface area contributed by atoms with E-state index in [-0.39, 0.29) is 16.4 Å². The zero-order valence-corrected chi connectivity index (χ0v) is 17.3. The molecule has 3 rings (SSSR count). The third-order valence-corrected chi connectivity index (χ3v) is 6.43. The minimum absolute atomic E-state index is 0.102. The Balaban J connectivity index is 2.01. The number of nitrogens with zero attached hydrogens (tertiary/aromatic N) is 1. The molecule has 1 unspecified atom stereocenters. The molecular weight excluding hydrogens is 386 g/mol. The molecule has 0 saturated carbocycles. The number of benzene rings is 2. The lowest BCUT2D eigenvalue weighted by atomic mass is 9.98. The zero-order valence-electron chi connectivity index (χ0n) is 16.5. The van der Waals surface area contributed by atoms with Crippen molar-refractivity contribution in [3.63, 3.8) is 0 Å². The van der Waals surface area contributed by atoms with E-state index >= 15 is 0 Å². The van der Waals surface area contributed by atoms with Crippen LogP contribution in [0.3, 0.4) is 0 Å². The standard InChI is InChI=1S/C22H23N3O3S/c1-15-13-19(14-20(16(15)2)29(27,28)23-3)22(26)25-21(17-7-5-4-6-8-17)18-9-11-24-12-10-18/h4-14,21,23H,1-3H3,(H,25,26). The summed E-state index contributed by atoms with van der Waals surface area (Å²) in [5.41, 5.74) is 3.43. The van der Waals surface area contributed by atoms with Crippen molar-refractivity contribution < 1.29 is 13.2 Å². The van der Waals surface area contributed by atoms with Crippen LogP contribution in [-0.2, 0) is 10.0 Å². The van der Waals surface area contributed by atoms with Gasteiger partial charge in [0, 0.05) is 18.0 Å². The van der Waals surface area contributed by atoms with Crippen LogP contribution in [0.1, 0.15) is 38.7 Å². The summed E-state index contributed by atoms with van der Waals surface area (Å²) >= 11 is 0. The van der Waals surface area contributed by atoms with Crippen LogP contribution in [0.15, 0.2) is 71.9 Å². The molecule has 1 aromatic heterocycles. The normalized spacial score (nSPS) is 12.4. The van der Waals surface area contributed by atoms with Crippen molar-refractivity contribution in [1.29, 1.82) is 0 Å². The first kappa shape index (κ1) is 20.7. The van der Waals surface area contributed by atoms with Gasteiger partial charge in [-0.15, -0.1) is 0 Å². The number of nitrogens with one attached hydrogen (secondary N) is 2. The molecule has 1 heterocycles. The summed E-state index contributed by atoms with van der Waals surface area (Å²) in [5, 5.41) is 3.03. The van der Waals surface area contributed by atoms with E-state index < -0.39 is 16.1 Å². The fraction of sp³-hybridized carbons (Fsp3) is 0.182. The van der Waals surface area contributed by atoms with Gasteiger partial charge in [-0.25, -0.2) is 13.1 Å². The molecule has 0 saturated heterocycles. The smallest absolute Gasteiger partial charge is 0.252 e. The first-order valence-corrected chi connectivity index (χ1v) is 10.6. The van der Waals surface area contributed by atoms with E-state index in [0.717, 1.165) is 16.7 Å². The molecule has 1 amide bonds. The topological polar surface area (TPSA) is 88.2 Å². The minimum Gasteiger partial charge on any atom is -0.341 e. The molecule has 150 valence electrons. The van der Waals surface area contributed by atoms with Crippen molar-refractivity contribution in [1.82, 2.24) is 15.0 Å². The molecule has 29 heavy (non-hydrogen) atoms. The Morgan fingerprint density at radius 1 is 0.966 bits per heavy atom. The van der Waals surface area contributed by atoms with E-state index in [0.29, 0.717) is 5.56 Å². The van der Waals surface area contributed by atoms with Crippen LogP contribution < -0.4 is 10.0 Å². The molecule has 2 aromatic carbocycles. The summed E-state index contributed by atoms with van der Waals surface area (Å²) in [6.07, 6.45) is 3.34. The van der Waals surface area contributed by atoms with Crippen molar-refractivity contribution in [2.24, 2.45) is 0 Å². The van der Waals surface area contributed by atoms with E-state index in [4.69, 9.17) is 0 Å². The van der Waals surface area contributed by atoms with Crippen molar-refractivity contribution >= 4 is 15.9 Å². The minimum atomic E-state index is -3.68. The van der Waals surface area contributed by atoms with Gasteiger partial charge in [0.1, 0.15) is 0 Å². The second-order valence-corrected chi connectivity index (χ2v) is 8.58. The highest BCUT2D eigenvalue weighted by Crippen LogP contribution is 2.24. The number of hydrogen-bond acceptors (Lipinski definition) is 4. The lowest BCUT2D eigenvalue weighted by Crippen LogP contribution is -2.30. The highest BCUT2D eigenvalue weighted by Gasteiger charge is 2.22. The monoisotopic (exact) mass is 409 g/mol. The maximum Gasteiger partial charge on any atom is 0.252 e. The third kappa shape index (κ3) is 4.52. The Bertz CT molecular complexity index is 1080. The first-order chi connectivity index (χ1) is 13.8. The summed E-state index contributed by atoms with van der Waals surface area (Å²) in [6.45, 7) is 3.52. The number of aryl methyl sites for hydroxylation is 1. The van der Waals surface area contributed by atoms with Crippen LogP contribution in [0.25, 0.3) is 0 Å². The van der Waals surface area contributed by atoms with Gasteiger partial charge >= 0.3 is 0 Å². The van der Waals surface area contributed by atoms with Crippen LogP contribution in [-0.4, -0.2) is 26.4 Å². The Morgan fingerprint density at radius 3 is 2.21 bits per heavy atom. The van der Waals surface area contributed by atoms with E-state index in [1.165, 1.54) is 13.1 Å². The summed E-state index contributed by atoms with van der Waals surface area (Å²) < 4.78 is 27.0. The molecule has 2 N–H and O–H groups in total. The number of hydrogen-bond donors (Lipinski definition) is 2. The molecule has 0 aliphatic rings. The average molecular weight is 410 g/mol. The fourth-order valence-electron chi connectivity index (χ4n) is 3.12. The van der Waals surface area contributed by atoms with Gasteiger partial charge in [-0.2, -0.15) is 0 Å². The molecule has 7 heteroatoms. The van der Waals surface area contributed by atoms with Gasteiger partial charge in [0.05, 0.1) is 10.9 Å². The molecule has 0 aliphatic heterocycles. The van der Waals surface area contributed by atoms with Crippen molar-refractivity contribution in [2.75, 3.05) is 7.05 Å².